The lowest BCUT2D eigenvalue weighted by molar-refractivity contribution is -0.142. The summed E-state index contributed by atoms with van der Waals surface area (Å²) in [4.78, 5) is 27.3. The molecule has 0 aromatic heterocycles. The Labute approximate surface area is 193 Å². The largest absolute Gasteiger partial charge is 0.497 e. The minimum Gasteiger partial charge on any atom is -0.497 e. The zero-order valence-electron chi connectivity index (χ0n) is 18.8. The van der Waals surface area contributed by atoms with Crippen molar-refractivity contribution in [3.8, 4) is 11.5 Å². The van der Waals surface area contributed by atoms with Crippen LogP contribution in [0.25, 0.3) is 0 Å². The molecule has 0 saturated carbocycles. The third kappa shape index (κ3) is 7.58. The number of halogens is 1. The Kier molecular flexibility index (Phi) is 9.37. The lowest BCUT2D eigenvalue weighted by atomic mass is 10.1. The van der Waals surface area contributed by atoms with Crippen LogP contribution in [0.2, 0.25) is 0 Å². The van der Waals surface area contributed by atoms with Gasteiger partial charge in [0.1, 0.15) is 17.5 Å². The summed E-state index contributed by atoms with van der Waals surface area (Å²) in [6, 6.07) is 12.4. The van der Waals surface area contributed by atoms with Gasteiger partial charge in [0.25, 0.3) is 5.91 Å². The van der Waals surface area contributed by atoms with Gasteiger partial charge in [-0.3, -0.25) is 9.59 Å². The van der Waals surface area contributed by atoms with Crippen LogP contribution in [-0.2, 0) is 16.1 Å². The first-order valence-corrected chi connectivity index (χ1v) is 11.1. The second-order valence-electron chi connectivity index (χ2n) is 7.89. The molecular formula is C24H31BrN2O4. The molecule has 0 saturated heterocycles. The molecule has 0 radical (unpaired) electrons. The Morgan fingerprint density at radius 1 is 1.10 bits per heavy atom. The van der Waals surface area contributed by atoms with E-state index in [0.29, 0.717) is 24.0 Å². The van der Waals surface area contributed by atoms with Crippen molar-refractivity contribution in [1.82, 2.24) is 10.2 Å². The lowest BCUT2D eigenvalue weighted by Gasteiger charge is -2.29. The first-order chi connectivity index (χ1) is 14.7. The van der Waals surface area contributed by atoms with Gasteiger partial charge in [0.05, 0.1) is 7.11 Å². The third-order valence-corrected chi connectivity index (χ3v) is 5.72. The van der Waals surface area contributed by atoms with E-state index in [4.69, 9.17) is 9.47 Å². The number of carbonyl (C=O) groups excluding carboxylic acids is 2. The van der Waals surface area contributed by atoms with Gasteiger partial charge in [0, 0.05) is 17.6 Å². The minimum absolute atomic E-state index is 0.160. The predicted octanol–water partition coefficient (Wildman–Crippen LogP) is 4.33. The molecule has 2 amide bonds. The zero-order valence-corrected chi connectivity index (χ0v) is 20.4. The highest BCUT2D eigenvalue weighted by molar-refractivity contribution is 9.10. The smallest absolute Gasteiger partial charge is 0.261 e. The summed E-state index contributed by atoms with van der Waals surface area (Å²) in [5, 5.41) is 2.91. The normalized spacial score (nSPS) is 11.7. The molecule has 0 bridgehead atoms. The van der Waals surface area contributed by atoms with Gasteiger partial charge in [-0.1, -0.05) is 41.9 Å². The van der Waals surface area contributed by atoms with Crippen LogP contribution >= 0.6 is 15.9 Å². The van der Waals surface area contributed by atoms with Gasteiger partial charge in [0.15, 0.2) is 6.61 Å². The summed E-state index contributed by atoms with van der Waals surface area (Å²) in [5.74, 6) is 1.17. The number of methoxy groups -OCH3 is 1. The SMILES string of the molecule is COc1cccc(CN(C(=O)COc2ccc(Br)c(C)c2)[C@H](C)C(=O)NCC(C)C)c1. The molecule has 0 unspecified atom stereocenters. The van der Waals surface area contributed by atoms with Crippen molar-refractivity contribution in [2.45, 2.75) is 40.3 Å². The predicted molar refractivity (Wildman–Crippen MR) is 125 cm³/mol. The van der Waals surface area contributed by atoms with Gasteiger partial charge in [-0.15, -0.1) is 0 Å². The molecule has 0 spiro atoms. The summed E-state index contributed by atoms with van der Waals surface area (Å²) in [5.41, 5.74) is 1.88. The van der Waals surface area contributed by atoms with Crippen molar-refractivity contribution in [1.29, 1.82) is 0 Å². The molecular weight excluding hydrogens is 460 g/mol. The average Bonchev–Trinajstić information content (AvgIpc) is 2.76. The molecule has 0 heterocycles. The van der Waals surface area contributed by atoms with Crippen molar-refractivity contribution in [3.05, 3.63) is 58.1 Å². The van der Waals surface area contributed by atoms with Gasteiger partial charge in [-0.2, -0.15) is 0 Å². The molecule has 1 atom stereocenters. The Morgan fingerprint density at radius 3 is 2.48 bits per heavy atom. The van der Waals surface area contributed by atoms with Crippen LogP contribution in [0.4, 0.5) is 0 Å². The van der Waals surface area contributed by atoms with Crippen molar-refractivity contribution in [2.24, 2.45) is 5.92 Å². The molecule has 2 aromatic rings. The summed E-state index contributed by atoms with van der Waals surface area (Å²) in [6.45, 7) is 8.41. The first-order valence-electron chi connectivity index (χ1n) is 10.3. The van der Waals surface area contributed by atoms with Crippen LogP contribution in [0.5, 0.6) is 11.5 Å². The Balaban J connectivity index is 2.16. The molecule has 1 N–H and O–H groups in total. The second kappa shape index (κ2) is 11.7. The fourth-order valence-corrected chi connectivity index (χ4v) is 3.18. The van der Waals surface area contributed by atoms with E-state index >= 15 is 0 Å². The Bertz CT molecular complexity index is 901. The van der Waals surface area contributed by atoms with Crippen LogP contribution in [0.1, 0.15) is 31.9 Å². The standard InChI is InChI=1S/C24H31BrN2O4/c1-16(2)13-26-24(29)18(4)27(14-19-7-6-8-20(12-19)30-5)23(28)15-31-21-9-10-22(25)17(3)11-21/h6-12,16,18H,13-15H2,1-5H3,(H,26,29)/t18-/m1/s1. The highest BCUT2D eigenvalue weighted by atomic mass is 79.9. The van der Waals surface area contributed by atoms with Gasteiger partial charge in [-0.25, -0.2) is 0 Å². The van der Waals surface area contributed by atoms with Crippen molar-refractivity contribution >= 4 is 27.7 Å². The van der Waals surface area contributed by atoms with Crippen LogP contribution in [0.3, 0.4) is 0 Å². The number of ether oxygens (including phenoxy) is 2. The number of amides is 2. The minimum atomic E-state index is -0.646. The van der Waals surface area contributed by atoms with Crippen LogP contribution < -0.4 is 14.8 Å². The molecule has 2 aromatic carbocycles. The zero-order chi connectivity index (χ0) is 23.0. The summed E-state index contributed by atoms with van der Waals surface area (Å²) >= 11 is 3.46. The van der Waals surface area contributed by atoms with E-state index in [2.05, 4.69) is 21.2 Å². The van der Waals surface area contributed by atoms with E-state index in [-0.39, 0.29) is 25.0 Å². The number of hydrogen-bond donors (Lipinski definition) is 1. The van der Waals surface area contributed by atoms with Crippen molar-refractivity contribution < 1.29 is 19.1 Å². The molecule has 2 rings (SSSR count). The highest BCUT2D eigenvalue weighted by Gasteiger charge is 2.26. The number of aryl methyl sites for hydroxylation is 1. The van der Waals surface area contributed by atoms with E-state index in [9.17, 15) is 9.59 Å². The van der Waals surface area contributed by atoms with Crippen LogP contribution in [-0.4, -0.2) is 43.0 Å². The maximum absolute atomic E-state index is 13.1. The summed E-state index contributed by atoms with van der Waals surface area (Å²) in [6.07, 6.45) is 0. The fraction of sp³-hybridized carbons (Fsp3) is 0.417. The van der Waals surface area contributed by atoms with Gasteiger partial charge in [-0.05, 0) is 61.2 Å². The topological polar surface area (TPSA) is 67.9 Å². The van der Waals surface area contributed by atoms with E-state index in [1.54, 1.807) is 20.1 Å². The third-order valence-electron chi connectivity index (χ3n) is 4.83. The van der Waals surface area contributed by atoms with Gasteiger partial charge >= 0.3 is 0 Å². The lowest BCUT2D eigenvalue weighted by Crippen LogP contribution is -2.49. The summed E-state index contributed by atoms with van der Waals surface area (Å²) < 4.78 is 12.0. The Hall–Kier alpha value is -2.54. The van der Waals surface area contributed by atoms with Crippen LogP contribution in [0, 0.1) is 12.8 Å². The highest BCUT2D eigenvalue weighted by Crippen LogP contribution is 2.22. The second-order valence-corrected chi connectivity index (χ2v) is 8.74. The summed E-state index contributed by atoms with van der Waals surface area (Å²) in [7, 11) is 1.60. The molecule has 0 aliphatic heterocycles. The first kappa shape index (κ1) is 24.7. The van der Waals surface area contributed by atoms with Gasteiger partial charge in [0.2, 0.25) is 5.91 Å². The van der Waals surface area contributed by atoms with Gasteiger partial charge < -0.3 is 19.7 Å². The quantitative estimate of drug-likeness (QED) is 0.537. The number of benzene rings is 2. The molecule has 7 heteroatoms. The van der Waals surface area contributed by atoms with Crippen molar-refractivity contribution in [3.63, 3.8) is 0 Å². The van der Waals surface area contributed by atoms with E-state index in [1.807, 2.05) is 57.2 Å². The fourth-order valence-electron chi connectivity index (χ4n) is 2.94. The Morgan fingerprint density at radius 2 is 1.84 bits per heavy atom. The maximum atomic E-state index is 13.1. The molecule has 0 aliphatic carbocycles. The average molecular weight is 491 g/mol. The van der Waals surface area contributed by atoms with E-state index in [0.717, 1.165) is 15.6 Å². The molecule has 6 nitrogen and oxygen atoms in total. The number of rotatable bonds is 10. The van der Waals surface area contributed by atoms with Crippen molar-refractivity contribution in [2.75, 3.05) is 20.3 Å². The maximum Gasteiger partial charge on any atom is 0.261 e. The van der Waals surface area contributed by atoms with E-state index < -0.39 is 6.04 Å². The number of hydrogen-bond acceptors (Lipinski definition) is 4. The molecule has 168 valence electrons. The monoisotopic (exact) mass is 490 g/mol. The number of nitrogens with one attached hydrogen (secondary N) is 1. The van der Waals surface area contributed by atoms with E-state index in [1.165, 1.54) is 4.90 Å². The molecule has 0 fully saturated rings. The number of nitrogens with zero attached hydrogens (tertiary/aromatic N) is 1. The molecule has 31 heavy (non-hydrogen) atoms. The molecule has 0 aliphatic rings. The number of carbonyl (C=O) groups is 2. The van der Waals surface area contributed by atoms with Crippen LogP contribution in [0.15, 0.2) is 46.9 Å².